The minimum absolute atomic E-state index is 0.101. The van der Waals surface area contributed by atoms with Crippen LogP contribution in [-0.4, -0.2) is 26.2 Å². The maximum Gasteiger partial charge on any atom is 0.260 e. The summed E-state index contributed by atoms with van der Waals surface area (Å²) in [5.41, 5.74) is 9.36. The van der Waals surface area contributed by atoms with Crippen molar-refractivity contribution in [3.05, 3.63) is 106 Å². The van der Waals surface area contributed by atoms with E-state index in [9.17, 15) is 4.79 Å². The molecule has 5 nitrogen and oxygen atoms in total. The van der Waals surface area contributed by atoms with Crippen LogP contribution in [0.2, 0.25) is 0 Å². The number of thiocarbonyl (C=S) groups is 1. The fourth-order valence-corrected chi connectivity index (χ4v) is 4.80. The number of nitrogens with zero attached hydrogens (tertiary/aromatic N) is 2. The van der Waals surface area contributed by atoms with Gasteiger partial charge in [0, 0.05) is 13.6 Å². The number of fused-ring (bicyclic) bond motifs is 1. The van der Waals surface area contributed by atoms with Gasteiger partial charge in [0.25, 0.3) is 5.56 Å². The Morgan fingerprint density at radius 2 is 1.68 bits per heavy atom. The number of thioether (sulfide) groups is 1. The van der Waals surface area contributed by atoms with Crippen LogP contribution in [0.15, 0.2) is 83.7 Å². The maximum absolute atomic E-state index is 12.2. The molecule has 0 aliphatic carbocycles. The Kier molecular flexibility index (Phi) is 6.34. The molecule has 0 saturated heterocycles. The van der Waals surface area contributed by atoms with Gasteiger partial charge in [0.15, 0.2) is 0 Å². The highest BCUT2D eigenvalue weighted by Crippen LogP contribution is 2.37. The molecule has 3 aromatic carbocycles. The summed E-state index contributed by atoms with van der Waals surface area (Å²) in [6.07, 6.45) is 0. The van der Waals surface area contributed by atoms with E-state index >= 15 is 0 Å². The Morgan fingerprint density at radius 1 is 1.06 bits per heavy atom. The van der Waals surface area contributed by atoms with Gasteiger partial charge in [-0.2, -0.15) is 0 Å². The number of hydrogen-bond acceptors (Lipinski definition) is 5. The van der Waals surface area contributed by atoms with Gasteiger partial charge in [-0.1, -0.05) is 90.7 Å². The molecule has 0 spiro atoms. The second kappa shape index (κ2) is 9.32. The smallest absolute Gasteiger partial charge is 0.260 e. The standard InChI is InChI=1S/C24H22N4OS2/c1-28(15-16-12-13-20-19(14-16)22(29)27-23(25)26-20)24(30)31-21(17-8-4-2-5-9-17)18-10-6-3-7-11-18/h2-14,21H,15H2,1H3,(H3,25,26,27,29). The average Bonchev–Trinajstić information content (AvgIpc) is 2.78. The second-order valence-corrected chi connectivity index (χ2v) is 8.98. The molecule has 0 amide bonds. The number of nitrogen functional groups attached to an aromatic ring is 1. The molecule has 4 aromatic rings. The molecule has 1 heterocycles. The minimum Gasteiger partial charge on any atom is -0.369 e. The zero-order chi connectivity index (χ0) is 21.8. The van der Waals surface area contributed by atoms with Crippen molar-refractivity contribution < 1.29 is 0 Å². The monoisotopic (exact) mass is 446 g/mol. The molecule has 0 radical (unpaired) electrons. The summed E-state index contributed by atoms with van der Waals surface area (Å²) >= 11 is 7.43. The first-order valence-electron chi connectivity index (χ1n) is 9.81. The minimum atomic E-state index is -0.239. The second-order valence-electron chi connectivity index (χ2n) is 7.24. The van der Waals surface area contributed by atoms with Crippen LogP contribution in [0.1, 0.15) is 21.9 Å². The Balaban J connectivity index is 1.54. The highest BCUT2D eigenvalue weighted by molar-refractivity contribution is 8.23. The van der Waals surface area contributed by atoms with Gasteiger partial charge in [0.2, 0.25) is 5.95 Å². The topological polar surface area (TPSA) is 75.0 Å². The van der Waals surface area contributed by atoms with Crippen molar-refractivity contribution >= 4 is 45.2 Å². The van der Waals surface area contributed by atoms with Gasteiger partial charge in [-0.3, -0.25) is 9.78 Å². The molecule has 0 saturated carbocycles. The lowest BCUT2D eigenvalue weighted by Crippen LogP contribution is -2.23. The molecular weight excluding hydrogens is 424 g/mol. The first kappa shape index (κ1) is 21.1. The number of benzene rings is 3. The summed E-state index contributed by atoms with van der Waals surface area (Å²) in [4.78, 5) is 21.0. The number of rotatable bonds is 5. The molecular formula is C24H22N4OS2. The molecule has 0 aliphatic rings. The lowest BCUT2D eigenvalue weighted by Gasteiger charge is -2.24. The summed E-state index contributed by atoms with van der Waals surface area (Å²) in [6, 6.07) is 26.3. The van der Waals surface area contributed by atoms with Crippen LogP contribution in [0.3, 0.4) is 0 Å². The third kappa shape index (κ3) is 4.95. The van der Waals surface area contributed by atoms with Crippen LogP contribution in [-0.2, 0) is 6.54 Å². The first-order chi connectivity index (χ1) is 15.0. The fourth-order valence-electron chi connectivity index (χ4n) is 3.42. The lowest BCUT2D eigenvalue weighted by molar-refractivity contribution is 0.519. The Labute approximate surface area is 190 Å². The van der Waals surface area contributed by atoms with E-state index in [-0.39, 0.29) is 16.8 Å². The van der Waals surface area contributed by atoms with Crippen LogP contribution in [0.4, 0.5) is 5.95 Å². The van der Waals surface area contributed by atoms with E-state index in [0.717, 1.165) is 9.88 Å². The van der Waals surface area contributed by atoms with Gasteiger partial charge >= 0.3 is 0 Å². The molecule has 7 heteroatoms. The SMILES string of the molecule is CN(Cc1ccc2nc(N)[nH]c(=O)c2c1)C(=S)SC(c1ccccc1)c1ccccc1. The van der Waals surface area contributed by atoms with Gasteiger partial charge in [0.1, 0.15) is 4.32 Å². The van der Waals surface area contributed by atoms with Crippen molar-refractivity contribution in [3.8, 4) is 0 Å². The highest BCUT2D eigenvalue weighted by atomic mass is 32.2. The summed E-state index contributed by atoms with van der Waals surface area (Å²) in [6.45, 7) is 0.585. The van der Waals surface area contributed by atoms with Crippen LogP contribution >= 0.6 is 24.0 Å². The summed E-state index contributed by atoms with van der Waals surface area (Å²) in [5.74, 6) is 0.118. The Bertz CT molecular complexity index is 1220. The Hall–Kier alpha value is -3.16. The van der Waals surface area contributed by atoms with Gasteiger partial charge in [-0.05, 0) is 28.8 Å². The van der Waals surface area contributed by atoms with Crippen LogP contribution in [0.25, 0.3) is 10.9 Å². The molecule has 156 valence electrons. The van der Waals surface area contributed by atoms with Crippen LogP contribution in [0.5, 0.6) is 0 Å². The van der Waals surface area contributed by atoms with Crippen molar-refractivity contribution in [1.82, 2.24) is 14.9 Å². The number of aromatic amines is 1. The summed E-state index contributed by atoms with van der Waals surface area (Å²) in [5, 5.41) is 0.620. The van der Waals surface area contributed by atoms with Crippen molar-refractivity contribution in [2.24, 2.45) is 0 Å². The van der Waals surface area contributed by atoms with Crippen molar-refractivity contribution in [2.45, 2.75) is 11.8 Å². The highest BCUT2D eigenvalue weighted by Gasteiger charge is 2.19. The van der Waals surface area contributed by atoms with Gasteiger partial charge < -0.3 is 10.6 Å². The maximum atomic E-state index is 12.2. The number of hydrogen-bond donors (Lipinski definition) is 2. The van der Waals surface area contributed by atoms with E-state index < -0.39 is 0 Å². The number of nitrogens with one attached hydrogen (secondary N) is 1. The lowest BCUT2D eigenvalue weighted by atomic mass is 10.0. The number of aromatic nitrogens is 2. The van der Waals surface area contributed by atoms with E-state index in [2.05, 4.69) is 34.2 Å². The molecule has 3 N–H and O–H groups in total. The van der Waals surface area contributed by atoms with Gasteiger partial charge in [-0.15, -0.1) is 0 Å². The van der Waals surface area contributed by atoms with E-state index in [1.807, 2.05) is 66.5 Å². The van der Waals surface area contributed by atoms with Crippen LogP contribution < -0.4 is 11.3 Å². The average molecular weight is 447 g/mol. The van der Waals surface area contributed by atoms with Gasteiger partial charge in [-0.25, -0.2) is 4.98 Å². The summed E-state index contributed by atoms with van der Waals surface area (Å²) in [7, 11) is 1.97. The third-order valence-corrected chi connectivity index (χ3v) is 6.84. The van der Waals surface area contributed by atoms with Crippen molar-refractivity contribution in [2.75, 3.05) is 12.8 Å². The number of H-pyrrole nitrogens is 1. The van der Waals surface area contributed by atoms with E-state index in [1.165, 1.54) is 11.1 Å². The molecule has 0 fully saturated rings. The van der Waals surface area contributed by atoms with E-state index in [1.54, 1.807) is 11.8 Å². The van der Waals surface area contributed by atoms with Crippen LogP contribution in [0, 0.1) is 0 Å². The normalized spacial score (nSPS) is 11.0. The Morgan fingerprint density at radius 3 is 2.29 bits per heavy atom. The predicted molar refractivity (Wildman–Crippen MR) is 133 cm³/mol. The predicted octanol–water partition coefficient (Wildman–Crippen LogP) is 4.74. The molecule has 0 aliphatic heterocycles. The molecule has 4 rings (SSSR count). The molecule has 31 heavy (non-hydrogen) atoms. The zero-order valence-electron chi connectivity index (χ0n) is 17.0. The van der Waals surface area contributed by atoms with Crippen molar-refractivity contribution in [3.63, 3.8) is 0 Å². The van der Waals surface area contributed by atoms with Crippen molar-refractivity contribution in [1.29, 1.82) is 0 Å². The first-order valence-corrected chi connectivity index (χ1v) is 11.1. The number of nitrogens with two attached hydrogens (primary N) is 1. The molecule has 0 unspecified atom stereocenters. The molecule has 0 bridgehead atoms. The van der Waals surface area contributed by atoms with Gasteiger partial charge in [0.05, 0.1) is 16.2 Å². The fraction of sp³-hybridized carbons (Fsp3) is 0.125. The largest absolute Gasteiger partial charge is 0.369 e. The summed E-state index contributed by atoms with van der Waals surface area (Å²) < 4.78 is 0.780. The van der Waals surface area contributed by atoms with E-state index in [4.69, 9.17) is 18.0 Å². The third-order valence-electron chi connectivity index (χ3n) is 4.94. The molecule has 1 aromatic heterocycles. The van der Waals surface area contributed by atoms with E-state index in [0.29, 0.717) is 17.4 Å². The zero-order valence-corrected chi connectivity index (χ0v) is 18.6. The quantitative estimate of drug-likeness (QED) is 0.431. The number of anilines is 1. The molecule has 0 atom stereocenters.